The fraction of sp³-hybridized carbons (Fsp3) is 0.381. The monoisotopic (exact) mass is 714 g/mol. The first-order valence-corrected chi connectivity index (χ1v) is 17.6. The van der Waals surface area contributed by atoms with E-state index in [0.717, 1.165) is 62.5 Å². The number of carbonyl (C=O) groups excluding carboxylic acids is 4. The zero-order chi connectivity index (χ0) is 37.9. The second-order valence-corrected chi connectivity index (χ2v) is 12.6. The molecule has 0 N–H and O–H groups in total. The zero-order valence-electron chi connectivity index (χ0n) is 30.8. The Bertz CT molecular complexity index is 1560. The van der Waals surface area contributed by atoms with Crippen LogP contribution in [0, 0.1) is 13.8 Å². The first-order valence-electron chi connectivity index (χ1n) is 17.6. The molecule has 0 aliphatic rings. The Balaban J connectivity index is 1.37. The molecule has 0 heterocycles. The summed E-state index contributed by atoms with van der Waals surface area (Å²) in [6.07, 6.45) is 7.01. The summed E-state index contributed by atoms with van der Waals surface area (Å²) in [6, 6.07) is 16.7. The summed E-state index contributed by atoms with van der Waals surface area (Å²) in [5.74, 6) is 0.199. The average Bonchev–Trinajstić information content (AvgIpc) is 3.11. The summed E-state index contributed by atoms with van der Waals surface area (Å²) < 4.78 is 33.0. The van der Waals surface area contributed by atoms with E-state index in [2.05, 4.69) is 13.2 Å². The Labute approximate surface area is 306 Å². The minimum atomic E-state index is -0.513. The summed E-state index contributed by atoms with van der Waals surface area (Å²) in [7, 11) is 0. The molecule has 0 aliphatic heterocycles. The number of unbranched alkanes of at least 4 members (excludes halogenated alkanes) is 6. The Morgan fingerprint density at radius 2 is 0.808 bits per heavy atom. The third-order valence-corrected chi connectivity index (χ3v) is 7.86. The third kappa shape index (κ3) is 14.5. The van der Waals surface area contributed by atoms with Crippen molar-refractivity contribution in [2.24, 2.45) is 0 Å². The van der Waals surface area contributed by atoms with Gasteiger partial charge in [-0.05, 0) is 151 Å². The maximum Gasteiger partial charge on any atom is 0.343 e. The minimum absolute atomic E-state index is 0.308. The normalized spacial score (nSPS) is 10.5. The molecule has 10 heteroatoms. The van der Waals surface area contributed by atoms with Crippen LogP contribution < -0.4 is 18.9 Å². The van der Waals surface area contributed by atoms with Crippen molar-refractivity contribution in [1.29, 1.82) is 0 Å². The molecule has 10 nitrogen and oxygen atoms in total. The topological polar surface area (TPSA) is 124 Å². The lowest BCUT2D eigenvalue weighted by Crippen LogP contribution is -2.11. The Morgan fingerprint density at radius 3 is 1.13 bits per heavy atom. The first kappa shape index (κ1) is 41.0. The van der Waals surface area contributed by atoms with E-state index < -0.39 is 11.9 Å². The molecule has 0 amide bonds. The standard InChI is InChI=1S/C42H50O10/c1-29(2)39(43)49-25-13-9-7-11-23-47-35-19-21-37(31(5)27-35)41(45)51-33-15-17-34(18-16-33)52-42(46)38-22-20-36(28-32(38)6)48-24-12-8-10-14-26-50-40(44)30(3)4/h15-22,27-28H,1,3,7-14,23-26H2,2,4-6H3. The number of aryl methyl sites for hydroxylation is 2. The molecule has 278 valence electrons. The fourth-order valence-electron chi connectivity index (χ4n) is 4.88. The van der Waals surface area contributed by atoms with Crippen molar-refractivity contribution >= 4 is 23.9 Å². The van der Waals surface area contributed by atoms with Crippen molar-refractivity contribution in [2.45, 2.75) is 79.1 Å². The van der Waals surface area contributed by atoms with E-state index in [4.69, 9.17) is 28.4 Å². The van der Waals surface area contributed by atoms with Crippen LogP contribution in [-0.2, 0) is 19.1 Å². The molecule has 52 heavy (non-hydrogen) atoms. The van der Waals surface area contributed by atoms with Crippen LogP contribution >= 0.6 is 0 Å². The van der Waals surface area contributed by atoms with Crippen LogP contribution in [0.1, 0.15) is 97.1 Å². The van der Waals surface area contributed by atoms with Crippen LogP contribution in [0.5, 0.6) is 23.0 Å². The molecule has 3 aromatic rings. The average molecular weight is 715 g/mol. The molecule has 0 aliphatic carbocycles. The lowest BCUT2D eigenvalue weighted by Gasteiger charge is -2.11. The van der Waals surface area contributed by atoms with Crippen molar-refractivity contribution in [2.75, 3.05) is 26.4 Å². The summed E-state index contributed by atoms with van der Waals surface area (Å²) >= 11 is 0. The van der Waals surface area contributed by atoms with Crippen LogP contribution in [0.2, 0.25) is 0 Å². The predicted octanol–water partition coefficient (Wildman–Crippen LogP) is 8.86. The van der Waals surface area contributed by atoms with Gasteiger partial charge < -0.3 is 28.4 Å². The molecule has 0 aromatic heterocycles. The van der Waals surface area contributed by atoms with Crippen molar-refractivity contribution < 1.29 is 47.6 Å². The maximum atomic E-state index is 12.9. The molecule has 0 fully saturated rings. The number of carbonyl (C=O) groups is 4. The van der Waals surface area contributed by atoms with E-state index >= 15 is 0 Å². The van der Waals surface area contributed by atoms with Gasteiger partial charge in [-0.3, -0.25) is 0 Å². The lowest BCUT2D eigenvalue weighted by atomic mass is 10.1. The van der Waals surface area contributed by atoms with E-state index in [1.165, 1.54) is 0 Å². The van der Waals surface area contributed by atoms with Gasteiger partial charge in [-0.1, -0.05) is 13.2 Å². The van der Waals surface area contributed by atoms with E-state index in [0.29, 0.717) is 71.7 Å². The van der Waals surface area contributed by atoms with Crippen LogP contribution in [0.3, 0.4) is 0 Å². The highest BCUT2D eigenvalue weighted by Gasteiger charge is 2.15. The lowest BCUT2D eigenvalue weighted by molar-refractivity contribution is -0.139. The Hall–Kier alpha value is -5.38. The van der Waals surface area contributed by atoms with E-state index in [1.807, 2.05) is 13.8 Å². The van der Waals surface area contributed by atoms with Crippen molar-refractivity contribution in [3.63, 3.8) is 0 Å². The van der Waals surface area contributed by atoms with E-state index in [9.17, 15) is 19.2 Å². The molecule has 3 rings (SSSR count). The quantitative estimate of drug-likeness (QED) is 0.0432. The SMILES string of the molecule is C=C(C)C(=O)OCCCCCCOc1ccc(C(=O)Oc2ccc(OC(=O)c3ccc(OCCCCCCOC(=O)C(=C)C)cc3C)cc2)c(C)c1. The Morgan fingerprint density at radius 1 is 0.481 bits per heavy atom. The zero-order valence-corrected chi connectivity index (χ0v) is 30.8. The number of hydrogen-bond acceptors (Lipinski definition) is 10. The molecular formula is C42H50O10. The van der Waals surface area contributed by atoms with Crippen molar-refractivity contribution in [3.8, 4) is 23.0 Å². The van der Waals surface area contributed by atoms with Crippen molar-refractivity contribution in [1.82, 2.24) is 0 Å². The highest BCUT2D eigenvalue weighted by atomic mass is 16.5. The second-order valence-electron chi connectivity index (χ2n) is 12.6. The van der Waals surface area contributed by atoms with Gasteiger partial charge >= 0.3 is 23.9 Å². The highest BCUT2D eigenvalue weighted by Crippen LogP contribution is 2.24. The third-order valence-electron chi connectivity index (χ3n) is 7.86. The maximum absolute atomic E-state index is 12.9. The van der Waals surface area contributed by atoms with E-state index in [-0.39, 0.29) is 11.9 Å². The molecular weight excluding hydrogens is 664 g/mol. The van der Waals surface area contributed by atoms with Gasteiger partial charge in [0.05, 0.1) is 37.6 Å². The van der Waals surface area contributed by atoms with Gasteiger partial charge in [0, 0.05) is 11.1 Å². The number of esters is 4. The van der Waals surface area contributed by atoms with Gasteiger partial charge in [0.25, 0.3) is 0 Å². The molecule has 0 spiro atoms. The predicted molar refractivity (Wildman–Crippen MR) is 198 cm³/mol. The van der Waals surface area contributed by atoms with Crippen LogP contribution in [0.4, 0.5) is 0 Å². The molecule has 0 radical (unpaired) electrons. The summed E-state index contributed by atoms with van der Waals surface area (Å²) in [6.45, 7) is 15.8. The summed E-state index contributed by atoms with van der Waals surface area (Å²) in [5, 5.41) is 0. The summed E-state index contributed by atoms with van der Waals surface area (Å²) in [5.41, 5.74) is 3.06. The number of benzene rings is 3. The molecule has 0 bridgehead atoms. The number of ether oxygens (including phenoxy) is 6. The number of hydrogen-bond donors (Lipinski definition) is 0. The smallest absolute Gasteiger partial charge is 0.343 e. The number of rotatable bonds is 22. The van der Waals surface area contributed by atoms with Crippen LogP contribution in [0.25, 0.3) is 0 Å². The van der Waals surface area contributed by atoms with Gasteiger partial charge in [-0.25, -0.2) is 19.2 Å². The molecule has 0 saturated carbocycles. The van der Waals surface area contributed by atoms with Gasteiger partial charge in [-0.15, -0.1) is 0 Å². The molecule has 0 saturated heterocycles. The van der Waals surface area contributed by atoms with E-state index in [1.54, 1.807) is 74.5 Å². The van der Waals surface area contributed by atoms with Crippen LogP contribution in [-0.4, -0.2) is 50.3 Å². The largest absolute Gasteiger partial charge is 0.494 e. The minimum Gasteiger partial charge on any atom is -0.494 e. The van der Waals surface area contributed by atoms with Crippen molar-refractivity contribution in [3.05, 3.63) is 107 Å². The van der Waals surface area contributed by atoms with Gasteiger partial charge in [-0.2, -0.15) is 0 Å². The highest BCUT2D eigenvalue weighted by molar-refractivity contribution is 5.93. The van der Waals surface area contributed by atoms with Crippen LogP contribution in [0.15, 0.2) is 85.0 Å². The molecule has 0 unspecified atom stereocenters. The van der Waals surface area contributed by atoms with Gasteiger partial charge in [0.2, 0.25) is 0 Å². The van der Waals surface area contributed by atoms with Gasteiger partial charge in [0.15, 0.2) is 0 Å². The Kier molecular flexibility index (Phi) is 17.2. The van der Waals surface area contributed by atoms with Gasteiger partial charge in [0.1, 0.15) is 23.0 Å². The summed E-state index contributed by atoms with van der Waals surface area (Å²) in [4.78, 5) is 48.5. The second kappa shape index (κ2) is 21.8. The molecule has 3 aromatic carbocycles. The molecule has 0 atom stereocenters. The fourth-order valence-corrected chi connectivity index (χ4v) is 4.88. The first-order chi connectivity index (χ1) is 24.9.